The van der Waals surface area contributed by atoms with E-state index >= 15 is 0 Å². The fraction of sp³-hybridized carbons (Fsp3) is 0.593. The van der Waals surface area contributed by atoms with E-state index in [1.807, 2.05) is 0 Å². The second-order valence-electron chi connectivity index (χ2n) is 25.2. The highest BCUT2D eigenvalue weighted by atomic mass is 32.2. The van der Waals surface area contributed by atoms with Crippen LogP contribution in [0.2, 0.25) is 0 Å². The lowest BCUT2D eigenvalue weighted by molar-refractivity contribution is -0.348. The number of carboxylic acid groups (broad SMARTS) is 1. The number of anilines is 2. The van der Waals surface area contributed by atoms with Crippen molar-refractivity contribution in [3.8, 4) is 0 Å². The summed E-state index contributed by atoms with van der Waals surface area (Å²) in [6.45, 7) is 4.91. The van der Waals surface area contributed by atoms with Gasteiger partial charge in [-0.2, -0.15) is 9.59 Å². The summed E-state index contributed by atoms with van der Waals surface area (Å²) in [7, 11) is -35.2. The molecule has 0 aliphatic carbocycles. The lowest BCUT2D eigenvalue weighted by Gasteiger charge is -2.36. The van der Waals surface area contributed by atoms with Crippen LogP contribution in [-0.2, 0) is 116 Å². The molecule has 2 aliphatic heterocycles. The van der Waals surface area contributed by atoms with E-state index < -0.39 is 180 Å². The molecule has 0 bridgehead atoms. The number of thioether (sulfide) groups is 2. The smallest absolute Gasteiger partial charge is 0.373 e. The first-order valence-corrected chi connectivity index (χ1v) is 42.9. The van der Waals surface area contributed by atoms with E-state index in [0.29, 0.717) is 11.3 Å². The summed E-state index contributed by atoms with van der Waals surface area (Å²) in [6.07, 6.45) is -12.8. The van der Waals surface area contributed by atoms with Crippen LogP contribution in [0.5, 0.6) is 0 Å². The number of nitrogens with zero attached hydrogens (tertiary/aromatic N) is 8. The topological polar surface area (TPSA) is 821 Å². The molecule has 0 saturated carbocycles. The molecular weight excluding hydrogens is 1700 g/mol. The fourth-order valence-electron chi connectivity index (χ4n) is 9.33. The molecule has 6 heterocycles. The Labute approximate surface area is 652 Å². The van der Waals surface area contributed by atoms with Crippen molar-refractivity contribution < 1.29 is 180 Å². The summed E-state index contributed by atoms with van der Waals surface area (Å²) in [5.74, 6) is -3.84. The van der Waals surface area contributed by atoms with Crippen molar-refractivity contribution in [2.45, 2.75) is 129 Å². The van der Waals surface area contributed by atoms with Crippen LogP contribution >= 0.6 is 70.5 Å². The third kappa shape index (κ3) is 33.5. The number of ether oxygens (including phenoxy) is 2. The molecule has 0 aromatic carbocycles. The number of carbonyl (C=O) groups excluding carboxylic acids is 8. The van der Waals surface area contributed by atoms with E-state index in [9.17, 15) is 121 Å². The van der Waals surface area contributed by atoms with Gasteiger partial charge in [0.15, 0.2) is 35.4 Å². The second-order valence-corrected chi connectivity index (χ2v) is 35.5. The molecule has 52 nitrogen and oxygen atoms in total. The van der Waals surface area contributed by atoms with Crippen LogP contribution in [0.4, 0.5) is 11.6 Å². The summed E-state index contributed by atoms with van der Waals surface area (Å²) in [5, 5.41) is 60.3. The van der Waals surface area contributed by atoms with Crippen molar-refractivity contribution in [3.05, 3.63) is 48.6 Å². The van der Waals surface area contributed by atoms with Crippen LogP contribution in [0.3, 0.4) is 0 Å². The van der Waals surface area contributed by atoms with E-state index in [0.717, 1.165) is 63.5 Å². The number of aliphatic hydroxyl groups excluding tert-OH is 4. The number of hydrogen-bond acceptors (Lipinski definition) is 47. The van der Waals surface area contributed by atoms with Crippen LogP contribution in [0.1, 0.15) is 80.2 Å². The summed E-state index contributed by atoms with van der Waals surface area (Å²) in [4.78, 5) is 218. The largest absolute Gasteiger partial charge is 0.790 e. The Kier molecular flexibility index (Phi) is 38.3. The maximum Gasteiger partial charge on any atom is 0.373 e. The Hall–Kier alpha value is -6.55. The SMILES string of the molecule is C/C(=C\C(=O)SCCNC(=O)CCNC(=O)C(O)C(C)(C)COP(=O)([O-])OP(=O)([O-])OCC1OC(n2cnc3c(N)ncnc32)C(O)C1OP(=O)([O-])[O-])CC(=O)O.CC(C)=CC(=O)SCCNC(=O)CCNC(=O)C(O)C(C)(C)COP(=O)([O-])OP(=O)([O-])OCC1OC(n2cnc3c(N)ncnc32)C(O)C1OP(=O)([O-])[O-].O=C=O. The van der Waals surface area contributed by atoms with Gasteiger partial charge in [0.1, 0.15) is 72.5 Å². The number of rotatable bonds is 42. The Morgan fingerprint density at radius 3 is 1.27 bits per heavy atom. The number of hydrogen-bond donors (Lipinski definition) is 11. The van der Waals surface area contributed by atoms with Crippen LogP contribution in [-0.4, -0.2) is 223 Å². The number of aliphatic hydroxyl groups is 4. The number of nitrogen functional groups attached to an aromatic ring is 2. The van der Waals surface area contributed by atoms with Crippen LogP contribution in [0, 0.1) is 10.8 Å². The third-order valence-corrected chi connectivity index (χ3v) is 22.3. The predicted octanol–water partition coefficient (Wildman–Crippen LogP) is -6.92. The molecule has 0 spiro atoms. The molecule has 14 unspecified atom stereocenters. The number of carboxylic acids is 1. The van der Waals surface area contributed by atoms with Crippen molar-refractivity contribution in [3.63, 3.8) is 0 Å². The molecule has 4 aromatic heterocycles. The van der Waals surface area contributed by atoms with E-state index in [1.54, 1.807) is 13.8 Å². The summed E-state index contributed by atoms with van der Waals surface area (Å²) >= 11 is 1.86. The summed E-state index contributed by atoms with van der Waals surface area (Å²) < 4.78 is 121. The van der Waals surface area contributed by atoms with Crippen LogP contribution < -0.4 is 71.9 Å². The van der Waals surface area contributed by atoms with Gasteiger partial charge in [-0.15, -0.1) is 0 Å². The van der Waals surface area contributed by atoms with Gasteiger partial charge in [-0.25, -0.2) is 38.5 Å². The average Bonchev–Trinajstić information content (AvgIpc) is 1.62. The minimum absolute atomic E-state index is 0.0218. The lowest BCUT2D eigenvalue weighted by Crippen LogP contribution is -2.46. The van der Waals surface area contributed by atoms with Crippen molar-refractivity contribution >= 4 is 150 Å². The van der Waals surface area contributed by atoms with Crippen LogP contribution in [0.15, 0.2) is 48.6 Å². The highest BCUT2D eigenvalue weighted by Crippen LogP contribution is 2.58. The number of amides is 4. The zero-order valence-corrected chi connectivity index (χ0v) is 67.4. The fourth-order valence-corrected chi connectivity index (χ4v) is 16.2. The maximum absolute atomic E-state index is 12.5. The molecule has 4 aromatic rings. The van der Waals surface area contributed by atoms with Gasteiger partial charge in [0.2, 0.25) is 33.9 Å². The molecular formula is C54H76N14O38P6S2-8. The Bertz CT molecular complexity index is 4440. The Morgan fingerprint density at radius 1 is 0.579 bits per heavy atom. The average molecular weight is 1780 g/mol. The molecule has 2 aliphatic rings. The molecule has 640 valence electrons. The monoisotopic (exact) mass is 1780 g/mol. The van der Waals surface area contributed by atoms with Gasteiger partial charge < -0.3 is 143 Å². The summed E-state index contributed by atoms with van der Waals surface area (Å²) in [5.41, 5.74) is 9.25. The van der Waals surface area contributed by atoms with Crippen molar-refractivity contribution in [1.82, 2.24) is 60.3 Å². The minimum Gasteiger partial charge on any atom is -0.790 e. The molecule has 13 N–H and O–H groups in total. The number of imidazole rings is 2. The zero-order chi connectivity index (χ0) is 86.3. The van der Waals surface area contributed by atoms with Gasteiger partial charge in [0.05, 0.1) is 61.1 Å². The van der Waals surface area contributed by atoms with Gasteiger partial charge in [0, 0.05) is 61.4 Å². The normalized spacial score (nSPS) is 21.3. The van der Waals surface area contributed by atoms with Crippen molar-refractivity contribution in [2.75, 3.05) is 75.6 Å². The highest BCUT2D eigenvalue weighted by Gasteiger charge is 2.49. The van der Waals surface area contributed by atoms with E-state index in [2.05, 4.69) is 86.9 Å². The van der Waals surface area contributed by atoms with Gasteiger partial charge in [-0.1, -0.05) is 62.4 Å². The molecule has 4 amide bonds. The van der Waals surface area contributed by atoms with E-state index in [1.165, 1.54) is 46.8 Å². The number of carbonyl (C=O) groups is 7. The first-order valence-electron chi connectivity index (χ1n) is 32.1. The Morgan fingerprint density at radius 2 is 0.930 bits per heavy atom. The van der Waals surface area contributed by atoms with E-state index in [-0.39, 0.29) is 96.4 Å². The number of phosphoric acid groups is 6. The third-order valence-electron chi connectivity index (χ3n) is 14.6. The molecule has 2 fully saturated rings. The summed E-state index contributed by atoms with van der Waals surface area (Å²) in [6, 6.07) is 0. The maximum atomic E-state index is 12.5. The van der Waals surface area contributed by atoms with Crippen LogP contribution in [0.25, 0.3) is 22.3 Å². The number of aromatic nitrogens is 8. The van der Waals surface area contributed by atoms with Crippen molar-refractivity contribution in [1.29, 1.82) is 0 Å². The molecule has 114 heavy (non-hydrogen) atoms. The number of phosphoric ester groups is 6. The standard InChI is InChI=1S/C27H42N7O19P3S.C26H42N7O17P3S.CO2/c1-14(8-17(36)37)9-18(38)57-7-6-29-16(35)4-5-30-25(41)22(40)27(2,3)11-50-56(47,48)53-55(45,46)49-10-15-21(52-54(42,43)44)20(39)26(51-15)34-13-33-19-23(28)31-12-32-24(19)34;1-14(2)9-17(35)54-8-7-28-16(34)5-6-29-24(38)21(37)26(3,4)11-47-53(44,45)50-52(42,43)46-10-15-20(49-51(39,40)41)19(36)25(48-15)33-13-32-18-22(27)30-12-31-23(18)33;2-1-3/h9,12-13,15,20-22,26,39-40H,4-8,10-11H2,1-3H3,(H,29,35)(H,30,41)(H,36,37)(H,45,46)(H,47,48)(H2,28,31,32)(H2,42,43,44);9,12-13,15,19-21,25,36-37H,5-8,10-11H2,1-4H3,(H,28,34)(H,29,38)(H,42,43)(H,44,45)(H2,27,30,31)(H2,39,40,41);/p-8/b14-9+;;. The molecule has 14 atom stereocenters. The number of nitrogens with one attached hydrogen (secondary N) is 4. The van der Waals surface area contributed by atoms with Gasteiger partial charge in [0.25, 0.3) is 31.3 Å². The van der Waals surface area contributed by atoms with Gasteiger partial charge >= 0.3 is 12.1 Å². The number of aliphatic carboxylic acids is 1. The molecule has 2 saturated heterocycles. The molecule has 0 radical (unpaired) electrons. The van der Waals surface area contributed by atoms with Crippen molar-refractivity contribution in [2.24, 2.45) is 10.8 Å². The lowest BCUT2D eigenvalue weighted by atomic mass is 9.87. The predicted molar refractivity (Wildman–Crippen MR) is 367 cm³/mol. The number of allylic oxidation sites excluding steroid dienone is 1. The highest BCUT2D eigenvalue weighted by molar-refractivity contribution is 8.14. The Balaban J connectivity index is 0.000000465. The first-order chi connectivity index (χ1) is 52.6. The zero-order valence-electron chi connectivity index (χ0n) is 60.4. The minimum atomic E-state index is -5.93. The first kappa shape index (κ1) is 99.8. The molecule has 60 heteroatoms. The number of nitrogens with two attached hydrogens (primary N) is 2. The van der Waals surface area contributed by atoms with Gasteiger partial charge in [-0.3, -0.25) is 61.0 Å². The van der Waals surface area contributed by atoms with Gasteiger partial charge in [-0.05, 0) is 32.9 Å². The quantitative estimate of drug-likeness (QED) is 0.0112. The van der Waals surface area contributed by atoms with E-state index in [4.69, 9.17) is 35.6 Å². The molecule has 6 rings (SSSR count). The number of fused-ring (bicyclic) bond motifs is 2. The second kappa shape index (κ2) is 43.8.